The zero-order valence-electron chi connectivity index (χ0n) is 9.17. The first kappa shape index (κ1) is 12.1. The van der Waals surface area contributed by atoms with Gasteiger partial charge in [0.2, 0.25) is 9.05 Å². The fraction of sp³-hybridized carbons (Fsp3) is 0.182. The van der Waals surface area contributed by atoms with Crippen molar-refractivity contribution in [3.63, 3.8) is 0 Å². The summed E-state index contributed by atoms with van der Waals surface area (Å²) < 4.78 is 23.5. The number of nitrogens with zero attached hydrogens (tertiary/aromatic N) is 2. The Bertz CT molecular complexity index is 617. The van der Waals surface area contributed by atoms with Crippen LogP contribution in [0.15, 0.2) is 36.7 Å². The molecule has 0 fully saturated rings. The molecule has 2 aromatic rings. The van der Waals surface area contributed by atoms with Crippen molar-refractivity contribution in [1.29, 1.82) is 0 Å². The summed E-state index contributed by atoms with van der Waals surface area (Å²) in [5.74, 6) is -0.160. The quantitative estimate of drug-likeness (QED) is 0.804. The van der Waals surface area contributed by atoms with Crippen molar-refractivity contribution in [3.05, 3.63) is 47.8 Å². The molecule has 0 bridgehead atoms. The van der Waals surface area contributed by atoms with Crippen LogP contribution in [0, 0.1) is 6.92 Å². The van der Waals surface area contributed by atoms with Crippen molar-refractivity contribution in [2.45, 2.75) is 12.7 Å². The number of rotatable bonds is 3. The van der Waals surface area contributed by atoms with E-state index >= 15 is 0 Å². The van der Waals surface area contributed by atoms with Gasteiger partial charge < -0.3 is 0 Å². The van der Waals surface area contributed by atoms with E-state index in [1.807, 2.05) is 25.3 Å². The highest BCUT2D eigenvalue weighted by Gasteiger charge is 2.07. The van der Waals surface area contributed by atoms with E-state index in [1.54, 1.807) is 23.0 Å². The van der Waals surface area contributed by atoms with E-state index in [2.05, 4.69) is 5.10 Å². The summed E-state index contributed by atoms with van der Waals surface area (Å²) in [5.41, 5.74) is 2.61. The highest BCUT2D eigenvalue weighted by molar-refractivity contribution is 8.13. The molecule has 1 aromatic heterocycles. The number of aryl methyl sites for hydroxylation is 1. The predicted molar refractivity (Wildman–Crippen MR) is 66.8 cm³/mol. The Morgan fingerprint density at radius 3 is 2.41 bits per heavy atom. The second-order valence-corrected chi connectivity index (χ2v) is 6.59. The maximum atomic E-state index is 10.9. The maximum Gasteiger partial charge on any atom is 0.236 e. The summed E-state index contributed by atoms with van der Waals surface area (Å²) in [5, 5.41) is 4.16. The number of hydrogen-bond donors (Lipinski definition) is 0. The third-order valence-electron chi connectivity index (χ3n) is 2.25. The molecule has 0 aliphatic rings. The highest BCUT2D eigenvalue weighted by Crippen LogP contribution is 2.13. The molecular weight excluding hydrogens is 260 g/mol. The molecule has 2 rings (SSSR count). The van der Waals surface area contributed by atoms with Gasteiger partial charge in [-0.3, -0.25) is 0 Å². The van der Waals surface area contributed by atoms with Crippen LogP contribution in [0.3, 0.4) is 0 Å². The molecule has 0 saturated heterocycles. The minimum absolute atomic E-state index is 0.160. The van der Waals surface area contributed by atoms with Gasteiger partial charge >= 0.3 is 0 Å². The van der Waals surface area contributed by atoms with Crippen LogP contribution in [-0.4, -0.2) is 18.2 Å². The molecule has 17 heavy (non-hydrogen) atoms. The standard InChI is InChI=1S/C11H11ClN2O2S/c1-9-6-13-14(7-9)11-4-2-10(3-5-11)8-17(12,15)16/h2-7H,8H2,1H3. The van der Waals surface area contributed by atoms with Gasteiger partial charge in [0.1, 0.15) is 0 Å². The van der Waals surface area contributed by atoms with Crippen LogP contribution in [0.4, 0.5) is 0 Å². The second kappa shape index (κ2) is 4.50. The fourth-order valence-corrected chi connectivity index (χ4v) is 2.47. The van der Waals surface area contributed by atoms with Gasteiger partial charge in [-0.25, -0.2) is 13.1 Å². The Morgan fingerprint density at radius 2 is 1.94 bits per heavy atom. The summed E-state index contributed by atoms with van der Waals surface area (Å²) in [4.78, 5) is 0. The average Bonchev–Trinajstić information content (AvgIpc) is 2.63. The molecule has 0 aliphatic carbocycles. The molecule has 90 valence electrons. The third-order valence-corrected chi connectivity index (χ3v) is 3.26. The normalized spacial score (nSPS) is 11.6. The molecule has 4 nitrogen and oxygen atoms in total. The van der Waals surface area contributed by atoms with E-state index < -0.39 is 9.05 Å². The topological polar surface area (TPSA) is 52.0 Å². The average molecular weight is 271 g/mol. The lowest BCUT2D eigenvalue weighted by atomic mass is 10.2. The second-order valence-electron chi connectivity index (χ2n) is 3.81. The molecular formula is C11H11ClN2O2S. The molecule has 0 aliphatic heterocycles. The van der Waals surface area contributed by atoms with Crippen LogP contribution in [0.5, 0.6) is 0 Å². The molecule has 0 spiro atoms. The van der Waals surface area contributed by atoms with Crippen molar-refractivity contribution in [2.24, 2.45) is 0 Å². The zero-order chi connectivity index (χ0) is 12.5. The Labute approximate surface area is 104 Å². The SMILES string of the molecule is Cc1cnn(-c2ccc(CS(=O)(=O)Cl)cc2)c1. The largest absolute Gasteiger partial charge is 0.241 e. The van der Waals surface area contributed by atoms with E-state index in [0.717, 1.165) is 11.3 Å². The smallest absolute Gasteiger partial charge is 0.236 e. The molecule has 0 N–H and O–H groups in total. The van der Waals surface area contributed by atoms with Gasteiger partial charge in [0.05, 0.1) is 17.6 Å². The summed E-state index contributed by atoms with van der Waals surface area (Å²) in [6, 6.07) is 7.08. The minimum atomic E-state index is -3.50. The lowest BCUT2D eigenvalue weighted by Gasteiger charge is -2.02. The molecule has 1 heterocycles. The molecule has 0 atom stereocenters. The lowest BCUT2D eigenvalue weighted by Crippen LogP contribution is -1.97. The number of halogens is 1. The predicted octanol–water partition coefficient (Wildman–Crippen LogP) is 2.25. The number of benzene rings is 1. The summed E-state index contributed by atoms with van der Waals surface area (Å²) >= 11 is 0. The molecule has 6 heteroatoms. The first-order valence-corrected chi connectivity index (χ1v) is 7.45. The first-order chi connectivity index (χ1) is 7.94. The zero-order valence-corrected chi connectivity index (χ0v) is 10.7. The number of aromatic nitrogens is 2. The van der Waals surface area contributed by atoms with E-state index in [1.165, 1.54) is 0 Å². The van der Waals surface area contributed by atoms with E-state index in [0.29, 0.717) is 5.56 Å². The summed E-state index contributed by atoms with van der Waals surface area (Å²) in [6.07, 6.45) is 3.66. The van der Waals surface area contributed by atoms with Gasteiger partial charge in [-0.1, -0.05) is 12.1 Å². The summed E-state index contributed by atoms with van der Waals surface area (Å²) in [6.45, 7) is 1.96. The van der Waals surface area contributed by atoms with Crippen LogP contribution in [0.25, 0.3) is 5.69 Å². The van der Waals surface area contributed by atoms with Crippen LogP contribution < -0.4 is 0 Å². The minimum Gasteiger partial charge on any atom is -0.241 e. The van der Waals surface area contributed by atoms with Crippen LogP contribution in [-0.2, 0) is 14.8 Å². The van der Waals surface area contributed by atoms with Gasteiger partial charge in [-0.15, -0.1) is 0 Å². The Balaban J connectivity index is 2.24. The summed E-state index contributed by atoms with van der Waals surface area (Å²) in [7, 11) is 1.68. The van der Waals surface area contributed by atoms with Crippen LogP contribution in [0.2, 0.25) is 0 Å². The van der Waals surface area contributed by atoms with E-state index in [9.17, 15) is 8.42 Å². The van der Waals surface area contributed by atoms with Crippen molar-refractivity contribution in [2.75, 3.05) is 0 Å². The molecule has 1 aromatic carbocycles. The number of hydrogen-bond acceptors (Lipinski definition) is 3. The molecule has 0 unspecified atom stereocenters. The monoisotopic (exact) mass is 270 g/mol. The van der Waals surface area contributed by atoms with E-state index in [-0.39, 0.29) is 5.75 Å². The van der Waals surface area contributed by atoms with Gasteiger partial charge in [-0.05, 0) is 30.2 Å². The van der Waals surface area contributed by atoms with Crippen LogP contribution >= 0.6 is 10.7 Å². The lowest BCUT2D eigenvalue weighted by molar-refractivity contribution is 0.609. The first-order valence-electron chi connectivity index (χ1n) is 4.97. The molecule has 0 saturated carbocycles. The van der Waals surface area contributed by atoms with Gasteiger partial charge in [0, 0.05) is 16.9 Å². The molecule has 0 radical (unpaired) electrons. The maximum absolute atomic E-state index is 10.9. The van der Waals surface area contributed by atoms with Gasteiger partial charge in [-0.2, -0.15) is 5.10 Å². The van der Waals surface area contributed by atoms with Crippen molar-refractivity contribution < 1.29 is 8.42 Å². The van der Waals surface area contributed by atoms with Gasteiger partial charge in [0.15, 0.2) is 0 Å². The Kier molecular flexibility index (Phi) is 3.22. The fourth-order valence-electron chi connectivity index (χ4n) is 1.50. The van der Waals surface area contributed by atoms with Gasteiger partial charge in [0.25, 0.3) is 0 Å². The highest BCUT2D eigenvalue weighted by atomic mass is 35.7. The Morgan fingerprint density at radius 1 is 1.29 bits per heavy atom. The van der Waals surface area contributed by atoms with Crippen LogP contribution in [0.1, 0.15) is 11.1 Å². The Hall–Kier alpha value is -1.33. The van der Waals surface area contributed by atoms with Crippen molar-refractivity contribution in [1.82, 2.24) is 9.78 Å². The van der Waals surface area contributed by atoms with E-state index in [4.69, 9.17) is 10.7 Å². The van der Waals surface area contributed by atoms with Crippen molar-refractivity contribution in [3.8, 4) is 5.69 Å². The third kappa shape index (κ3) is 3.31. The van der Waals surface area contributed by atoms with Crippen molar-refractivity contribution >= 4 is 19.7 Å². The molecule has 0 amide bonds.